The van der Waals surface area contributed by atoms with Crippen molar-refractivity contribution in [1.29, 1.82) is 0 Å². The van der Waals surface area contributed by atoms with Crippen molar-refractivity contribution in [2.45, 2.75) is 143 Å². The molecule has 0 amide bonds. The van der Waals surface area contributed by atoms with Crippen molar-refractivity contribution in [1.82, 2.24) is 0 Å². The third-order valence-electron chi connectivity index (χ3n) is 18.4. The summed E-state index contributed by atoms with van der Waals surface area (Å²) in [5, 5.41) is 2.28. The topological polar surface area (TPSA) is 22.9 Å². The number of benzene rings is 8. The van der Waals surface area contributed by atoms with E-state index in [1.807, 2.05) is 0 Å². The number of fused-ring (bicyclic) bond motifs is 10. The van der Waals surface area contributed by atoms with Crippen molar-refractivity contribution in [3.63, 3.8) is 0 Å². The Labute approximate surface area is 446 Å². The molecule has 5 heteroatoms. The van der Waals surface area contributed by atoms with Crippen molar-refractivity contribution < 1.29 is 4.42 Å². The summed E-state index contributed by atoms with van der Waals surface area (Å²) < 4.78 is 6.76. The number of para-hydroxylation sites is 1. The van der Waals surface area contributed by atoms with Gasteiger partial charge in [0, 0.05) is 67.6 Å². The first kappa shape index (κ1) is 47.7. The average molecular weight is 982 g/mol. The highest BCUT2D eigenvalue weighted by atomic mass is 16.3. The zero-order valence-corrected chi connectivity index (χ0v) is 46.6. The number of furan rings is 1. The molecule has 2 unspecified atom stereocenters. The van der Waals surface area contributed by atoms with Crippen LogP contribution in [0.2, 0.25) is 0 Å². The van der Waals surface area contributed by atoms with Crippen molar-refractivity contribution in [2.24, 2.45) is 0 Å². The Bertz CT molecular complexity index is 3820. The van der Waals surface area contributed by atoms with Gasteiger partial charge in [-0.15, -0.1) is 0 Å². The number of anilines is 8. The van der Waals surface area contributed by atoms with Gasteiger partial charge >= 0.3 is 0 Å². The van der Waals surface area contributed by atoms with Crippen LogP contribution in [0.1, 0.15) is 135 Å². The van der Waals surface area contributed by atoms with E-state index in [2.05, 4.69) is 256 Å². The Kier molecular flexibility index (Phi) is 10.3. The maximum Gasteiger partial charge on any atom is 0.252 e. The molecule has 9 aromatic rings. The Hall–Kier alpha value is -6.98. The Morgan fingerprint density at radius 3 is 1.72 bits per heavy atom. The molecular formula is C70H72BN3O. The number of hydrogen-bond donors (Lipinski definition) is 0. The number of nitrogens with zero attached hydrogens (tertiary/aromatic N) is 3. The lowest BCUT2D eigenvalue weighted by molar-refractivity contribution is 0.194. The number of rotatable bonds is 4. The highest BCUT2D eigenvalue weighted by molar-refractivity contribution is 7.00. The smallest absolute Gasteiger partial charge is 0.252 e. The van der Waals surface area contributed by atoms with Gasteiger partial charge in [0.25, 0.3) is 6.71 Å². The molecule has 4 nitrogen and oxygen atoms in total. The number of aryl methyl sites for hydroxylation is 2. The Balaban J connectivity index is 1.19. The largest absolute Gasteiger partial charge is 0.456 e. The van der Waals surface area contributed by atoms with Crippen LogP contribution in [0.3, 0.4) is 0 Å². The third-order valence-corrected chi connectivity index (χ3v) is 18.4. The van der Waals surface area contributed by atoms with E-state index in [0.29, 0.717) is 0 Å². The molecular weight excluding hydrogens is 910 g/mol. The van der Waals surface area contributed by atoms with Crippen LogP contribution in [0, 0.1) is 13.8 Å². The molecule has 4 aliphatic rings. The minimum absolute atomic E-state index is 0.0328. The molecule has 3 aliphatic heterocycles. The summed E-state index contributed by atoms with van der Waals surface area (Å²) in [5.74, 6) is 0. The molecule has 1 fully saturated rings. The zero-order chi connectivity index (χ0) is 52.3. The summed E-state index contributed by atoms with van der Waals surface area (Å²) in [7, 11) is 0. The molecule has 0 bridgehead atoms. The van der Waals surface area contributed by atoms with Crippen LogP contribution in [0.5, 0.6) is 0 Å². The SMILES string of the molecule is Cc1cc(C)c2c(c1)N(c1cc3c4c(c1)N(c1ccc(C(C)(C)C)cc1-c1ccccc1)c1ccc(C(C)(C)C)cc1B4c1cc(C(C)(C)C)ccc1N3c1ccc3c(c1)oc1ccccc13)C1(C)CCCCC21C. The zero-order valence-electron chi connectivity index (χ0n) is 46.6. The van der Waals surface area contributed by atoms with Crippen LogP contribution < -0.4 is 31.1 Å². The van der Waals surface area contributed by atoms with Crippen LogP contribution >= 0.6 is 0 Å². The maximum atomic E-state index is 6.76. The van der Waals surface area contributed by atoms with Crippen molar-refractivity contribution >= 4 is 90.5 Å². The highest BCUT2D eigenvalue weighted by Crippen LogP contribution is 2.63. The summed E-state index contributed by atoms with van der Waals surface area (Å²) in [5.41, 5.74) is 25.8. The fraction of sp³-hybridized carbons (Fsp3) is 0.314. The highest BCUT2D eigenvalue weighted by Gasteiger charge is 2.59. The second-order valence-corrected chi connectivity index (χ2v) is 26.3. The third kappa shape index (κ3) is 7.08. The van der Waals surface area contributed by atoms with Crippen molar-refractivity contribution in [3.8, 4) is 11.1 Å². The molecule has 1 aliphatic carbocycles. The molecule has 13 rings (SSSR count). The molecule has 0 radical (unpaired) electrons. The molecule has 0 spiro atoms. The molecule has 1 aromatic heterocycles. The normalized spacial score (nSPS) is 19.1. The second-order valence-electron chi connectivity index (χ2n) is 26.3. The van der Waals surface area contributed by atoms with Gasteiger partial charge in [0.2, 0.25) is 0 Å². The standard InChI is InChI=1S/C70H72BN3O/c1-43-35-44(2)64-59(36-43)74(70(13)34-20-19-33-69(64,70)12)50-40-60-65-61(41-50)73(56-30-25-46(66(3,4)5)37-53(56)45-21-15-14-16-22-45)58-32-27-48(68(9,10)11)39-55(58)71(65)54-38-47(67(6,7)8)26-31-57(54)72(60)49-28-29-52-51-23-17-18-24-62(51)75-63(52)42-49/h14-18,21-32,35-42H,19-20,33-34H2,1-13H3. The van der Waals surface area contributed by atoms with Gasteiger partial charge in [0.05, 0.1) is 11.2 Å². The molecule has 1 saturated carbocycles. The van der Waals surface area contributed by atoms with Gasteiger partial charge in [-0.2, -0.15) is 0 Å². The van der Waals surface area contributed by atoms with Gasteiger partial charge in [-0.05, 0) is 166 Å². The molecule has 0 N–H and O–H groups in total. The predicted octanol–water partition coefficient (Wildman–Crippen LogP) is 17.6. The number of hydrogen-bond acceptors (Lipinski definition) is 4. The quantitative estimate of drug-likeness (QED) is 0.164. The van der Waals surface area contributed by atoms with Crippen LogP contribution in [0.25, 0.3) is 33.1 Å². The lowest BCUT2D eigenvalue weighted by Crippen LogP contribution is -2.62. The van der Waals surface area contributed by atoms with E-state index in [1.165, 1.54) is 120 Å². The first-order valence-electron chi connectivity index (χ1n) is 27.7. The van der Waals surface area contributed by atoms with Gasteiger partial charge in [0.1, 0.15) is 11.2 Å². The summed E-state index contributed by atoms with van der Waals surface area (Å²) in [6.07, 6.45) is 4.73. The predicted molar refractivity (Wildman–Crippen MR) is 322 cm³/mol. The molecule has 2 atom stereocenters. The van der Waals surface area contributed by atoms with Gasteiger partial charge in [-0.3, -0.25) is 0 Å². The summed E-state index contributed by atoms with van der Waals surface area (Å²) in [4.78, 5) is 8.10. The van der Waals surface area contributed by atoms with Gasteiger partial charge in [0.15, 0.2) is 0 Å². The molecule has 0 saturated heterocycles. The Morgan fingerprint density at radius 2 is 1.05 bits per heavy atom. The van der Waals surface area contributed by atoms with Crippen molar-refractivity contribution in [3.05, 3.63) is 185 Å². The summed E-state index contributed by atoms with van der Waals surface area (Å²) >= 11 is 0. The second kappa shape index (κ2) is 16.3. The van der Waals surface area contributed by atoms with E-state index in [4.69, 9.17) is 4.42 Å². The molecule has 376 valence electrons. The van der Waals surface area contributed by atoms with Crippen LogP contribution in [0.4, 0.5) is 45.5 Å². The van der Waals surface area contributed by atoms with Crippen LogP contribution in [0.15, 0.2) is 156 Å². The lowest BCUT2D eigenvalue weighted by Gasteiger charge is -2.51. The maximum absolute atomic E-state index is 6.76. The van der Waals surface area contributed by atoms with E-state index in [1.54, 1.807) is 0 Å². The fourth-order valence-electron chi connectivity index (χ4n) is 14.3. The van der Waals surface area contributed by atoms with Gasteiger partial charge < -0.3 is 19.1 Å². The van der Waals surface area contributed by atoms with Crippen molar-refractivity contribution in [2.75, 3.05) is 14.7 Å². The first-order valence-corrected chi connectivity index (χ1v) is 27.7. The molecule has 8 aromatic carbocycles. The first-order chi connectivity index (χ1) is 35.6. The summed E-state index contributed by atoms with van der Waals surface area (Å²) in [6, 6.07) is 58.8. The fourth-order valence-corrected chi connectivity index (χ4v) is 14.3. The van der Waals surface area contributed by atoms with Gasteiger partial charge in [-0.1, -0.05) is 167 Å². The lowest BCUT2D eigenvalue weighted by atomic mass is 9.33. The van der Waals surface area contributed by atoms with E-state index in [9.17, 15) is 0 Å². The minimum Gasteiger partial charge on any atom is -0.456 e. The van der Waals surface area contributed by atoms with E-state index < -0.39 is 0 Å². The van der Waals surface area contributed by atoms with E-state index in [-0.39, 0.29) is 33.9 Å². The average Bonchev–Trinajstić information content (AvgIpc) is 4.01. The summed E-state index contributed by atoms with van der Waals surface area (Å²) in [6.45, 7) is 30.9. The molecule has 4 heterocycles. The Morgan fingerprint density at radius 1 is 0.480 bits per heavy atom. The van der Waals surface area contributed by atoms with E-state index in [0.717, 1.165) is 34.0 Å². The monoisotopic (exact) mass is 982 g/mol. The van der Waals surface area contributed by atoms with Crippen LogP contribution in [-0.4, -0.2) is 12.3 Å². The minimum atomic E-state index is -0.165. The van der Waals surface area contributed by atoms with Crippen LogP contribution in [-0.2, 0) is 21.7 Å². The van der Waals surface area contributed by atoms with E-state index >= 15 is 0 Å². The molecule has 75 heavy (non-hydrogen) atoms. The van der Waals surface area contributed by atoms with Gasteiger partial charge in [-0.25, -0.2) is 0 Å².